The number of halogens is 3. The number of amides is 1. The van der Waals surface area contributed by atoms with Gasteiger partial charge in [0, 0.05) is 29.9 Å². The molecule has 2 aromatic rings. The molecule has 0 radical (unpaired) electrons. The first-order chi connectivity index (χ1) is 16.3. The molecule has 1 fully saturated rings. The van der Waals surface area contributed by atoms with E-state index in [1.54, 1.807) is 19.3 Å². The van der Waals surface area contributed by atoms with Gasteiger partial charge >= 0.3 is 0 Å². The van der Waals surface area contributed by atoms with Crippen LogP contribution in [-0.4, -0.2) is 38.7 Å². The number of benzene rings is 1. The number of carbonyl (C=O) groups is 1. The number of aliphatic imine (C=N–C) groups is 1. The Kier molecular flexibility index (Phi) is 6.51. The van der Waals surface area contributed by atoms with Crippen LogP contribution in [0.2, 0.25) is 5.02 Å². The van der Waals surface area contributed by atoms with Gasteiger partial charge in [0.25, 0.3) is 0 Å². The summed E-state index contributed by atoms with van der Waals surface area (Å²) in [5.41, 5.74) is 7.02. The van der Waals surface area contributed by atoms with E-state index in [9.17, 15) is 13.6 Å². The molecule has 10 heteroatoms. The van der Waals surface area contributed by atoms with Crippen LogP contribution in [-0.2, 0) is 15.7 Å². The molecule has 0 bridgehead atoms. The second kappa shape index (κ2) is 9.00. The van der Waals surface area contributed by atoms with Gasteiger partial charge in [-0.15, -0.1) is 0 Å². The van der Waals surface area contributed by atoms with Crippen LogP contribution in [0.1, 0.15) is 71.2 Å². The zero-order valence-electron chi connectivity index (χ0n) is 20.4. The van der Waals surface area contributed by atoms with E-state index in [1.165, 1.54) is 4.90 Å². The van der Waals surface area contributed by atoms with Crippen LogP contribution in [0.4, 0.5) is 20.2 Å². The Morgan fingerprint density at radius 3 is 2.37 bits per heavy atom. The van der Waals surface area contributed by atoms with Crippen molar-refractivity contribution in [2.75, 3.05) is 5.32 Å². The standard InChI is InChI=1S/C25H31ClF2N6O/c1-23(2,3)21-30-13-15(14-31-21)32-18-7-5-6-17(20(18)26)24(4)12-19(35)34(22(29)33-24)16-8-10-25(27,28)11-9-16/h5-7,13-14,16,32H,8-12H2,1-4H3,(H2,29,33)/t24-/m0/s1. The average molecular weight is 505 g/mol. The van der Waals surface area contributed by atoms with Gasteiger partial charge in [-0.3, -0.25) is 9.69 Å². The van der Waals surface area contributed by atoms with Crippen molar-refractivity contribution in [3.05, 3.63) is 47.0 Å². The lowest BCUT2D eigenvalue weighted by Gasteiger charge is -2.41. The number of nitrogens with two attached hydrogens (primary N) is 1. The molecular weight excluding hydrogens is 474 g/mol. The Morgan fingerprint density at radius 1 is 1.17 bits per heavy atom. The largest absolute Gasteiger partial charge is 0.369 e. The Labute approximate surface area is 209 Å². The maximum Gasteiger partial charge on any atom is 0.248 e. The molecule has 2 heterocycles. The molecule has 35 heavy (non-hydrogen) atoms. The van der Waals surface area contributed by atoms with E-state index in [1.807, 2.05) is 39.0 Å². The molecule has 0 spiro atoms. The first-order valence-corrected chi connectivity index (χ1v) is 12.1. The number of nitrogens with zero attached hydrogens (tertiary/aromatic N) is 4. The van der Waals surface area contributed by atoms with Crippen molar-refractivity contribution >= 4 is 34.8 Å². The molecule has 1 aromatic carbocycles. The number of nitrogens with one attached hydrogen (secondary N) is 1. The fraction of sp³-hybridized carbons (Fsp3) is 0.520. The molecule has 1 aromatic heterocycles. The summed E-state index contributed by atoms with van der Waals surface area (Å²) in [4.78, 5) is 28.1. The van der Waals surface area contributed by atoms with Crippen molar-refractivity contribution in [1.82, 2.24) is 14.9 Å². The number of guanidine groups is 1. The highest BCUT2D eigenvalue weighted by Crippen LogP contribution is 2.42. The number of carbonyl (C=O) groups excluding carboxylic acids is 1. The topological polar surface area (TPSA) is 96.5 Å². The average Bonchev–Trinajstić information content (AvgIpc) is 2.75. The number of hydrogen-bond acceptors (Lipinski definition) is 6. The number of aromatic nitrogens is 2. The molecular formula is C25H31ClF2N6O. The summed E-state index contributed by atoms with van der Waals surface area (Å²) in [5, 5.41) is 3.64. The lowest BCUT2D eigenvalue weighted by Crippen LogP contribution is -2.55. The predicted octanol–water partition coefficient (Wildman–Crippen LogP) is 5.51. The summed E-state index contributed by atoms with van der Waals surface area (Å²) in [5.74, 6) is -2.16. The van der Waals surface area contributed by atoms with Crippen molar-refractivity contribution in [1.29, 1.82) is 0 Å². The zero-order chi connectivity index (χ0) is 25.6. The number of hydrogen-bond donors (Lipinski definition) is 2. The minimum absolute atomic E-state index is 0.0349. The Hall–Kier alpha value is -2.81. The summed E-state index contributed by atoms with van der Waals surface area (Å²) >= 11 is 6.78. The monoisotopic (exact) mass is 504 g/mol. The molecule has 2 aliphatic rings. The smallest absolute Gasteiger partial charge is 0.248 e. The van der Waals surface area contributed by atoms with Crippen molar-refractivity contribution < 1.29 is 13.6 Å². The third-order valence-corrected chi connectivity index (χ3v) is 7.01. The first kappa shape index (κ1) is 25.3. The van der Waals surface area contributed by atoms with Crippen molar-refractivity contribution in [2.24, 2.45) is 10.7 Å². The predicted molar refractivity (Wildman–Crippen MR) is 133 cm³/mol. The van der Waals surface area contributed by atoms with Crippen LogP contribution in [0.5, 0.6) is 0 Å². The molecule has 0 unspecified atom stereocenters. The molecule has 1 saturated carbocycles. The van der Waals surface area contributed by atoms with Crippen LogP contribution in [0, 0.1) is 0 Å². The molecule has 4 rings (SSSR count). The van der Waals surface area contributed by atoms with Crippen LogP contribution in [0.15, 0.2) is 35.6 Å². The minimum Gasteiger partial charge on any atom is -0.369 e. The number of alkyl halides is 2. The normalized spacial score (nSPS) is 23.2. The highest BCUT2D eigenvalue weighted by atomic mass is 35.5. The second-order valence-corrected chi connectivity index (χ2v) is 11.0. The molecule has 1 atom stereocenters. The lowest BCUT2D eigenvalue weighted by atomic mass is 9.85. The zero-order valence-corrected chi connectivity index (χ0v) is 21.2. The maximum atomic E-state index is 13.6. The van der Waals surface area contributed by atoms with Gasteiger partial charge in [0.2, 0.25) is 11.8 Å². The van der Waals surface area contributed by atoms with Crippen molar-refractivity contribution in [3.8, 4) is 0 Å². The molecule has 1 amide bonds. The van der Waals surface area contributed by atoms with E-state index in [2.05, 4.69) is 20.3 Å². The van der Waals surface area contributed by atoms with Gasteiger partial charge in [0.05, 0.1) is 40.8 Å². The summed E-state index contributed by atoms with van der Waals surface area (Å²) in [7, 11) is 0. The van der Waals surface area contributed by atoms with Crippen LogP contribution in [0.3, 0.4) is 0 Å². The van der Waals surface area contributed by atoms with Gasteiger partial charge in [-0.2, -0.15) is 0 Å². The van der Waals surface area contributed by atoms with Gasteiger partial charge in [0.15, 0.2) is 5.96 Å². The van der Waals surface area contributed by atoms with Crippen molar-refractivity contribution in [3.63, 3.8) is 0 Å². The van der Waals surface area contributed by atoms with Gasteiger partial charge in [-0.1, -0.05) is 44.5 Å². The number of anilines is 2. The van der Waals surface area contributed by atoms with Crippen molar-refractivity contribution in [2.45, 2.75) is 82.7 Å². The van der Waals surface area contributed by atoms with E-state index >= 15 is 0 Å². The highest BCUT2D eigenvalue weighted by molar-refractivity contribution is 6.34. The maximum absolute atomic E-state index is 13.6. The van der Waals surface area contributed by atoms with Gasteiger partial charge in [-0.05, 0) is 25.8 Å². The van der Waals surface area contributed by atoms with E-state index in [0.717, 1.165) is 5.82 Å². The third-order valence-electron chi connectivity index (χ3n) is 6.60. The van der Waals surface area contributed by atoms with Crippen LogP contribution in [0.25, 0.3) is 0 Å². The lowest BCUT2D eigenvalue weighted by molar-refractivity contribution is -0.133. The minimum atomic E-state index is -2.69. The molecule has 1 aliphatic heterocycles. The Bertz CT molecular complexity index is 1140. The summed E-state index contributed by atoms with van der Waals surface area (Å²) in [6, 6.07) is 5.09. The van der Waals surface area contributed by atoms with E-state index in [0.29, 0.717) is 22.0 Å². The number of rotatable bonds is 4. The summed E-state index contributed by atoms with van der Waals surface area (Å²) < 4.78 is 27.2. The summed E-state index contributed by atoms with van der Waals surface area (Å²) in [6.45, 7) is 7.92. The van der Waals surface area contributed by atoms with Crippen LogP contribution < -0.4 is 11.1 Å². The van der Waals surface area contributed by atoms with Gasteiger partial charge in [-0.25, -0.2) is 23.7 Å². The molecule has 3 N–H and O–H groups in total. The van der Waals surface area contributed by atoms with E-state index < -0.39 is 11.5 Å². The fourth-order valence-corrected chi connectivity index (χ4v) is 5.04. The quantitative estimate of drug-likeness (QED) is 0.572. The van der Waals surface area contributed by atoms with E-state index in [-0.39, 0.29) is 55.4 Å². The third kappa shape index (κ3) is 5.24. The first-order valence-electron chi connectivity index (χ1n) is 11.7. The summed E-state index contributed by atoms with van der Waals surface area (Å²) in [6.07, 6.45) is 3.31. The Balaban J connectivity index is 1.58. The molecule has 7 nitrogen and oxygen atoms in total. The SMILES string of the molecule is CC(C)(C)c1ncc(Nc2cccc([C@]3(C)CC(=O)N(C4CCC(F)(F)CC4)C(N)=N3)c2Cl)cn1. The fourth-order valence-electron chi connectivity index (χ4n) is 4.66. The molecule has 188 valence electrons. The highest BCUT2D eigenvalue weighted by Gasteiger charge is 2.44. The molecule has 0 saturated heterocycles. The van der Waals surface area contributed by atoms with Gasteiger partial charge < -0.3 is 11.1 Å². The second-order valence-electron chi connectivity index (χ2n) is 10.6. The van der Waals surface area contributed by atoms with Crippen LogP contribution >= 0.6 is 11.6 Å². The van der Waals surface area contributed by atoms with E-state index in [4.69, 9.17) is 17.3 Å². The molecule has 1 aliphatic carbocycles. The Morgan fingerprint density at radius 2 is 1.80 bits per heavy atom. The van der Waals surface area contributed by atoms with Gasteiger partial charge in [0.1, 0.15) is 5.82 Å².